The summed E-state index contributed by atoms with van der Waals surface area (Å²) >= 11 is 0. The maximum atomic E-state index is 10.9. The highest BCUT2D eigenvalue weighted by Gasteiger charge is 2.23. The van der Waals surface area contributed by atoms with Crippen molar-refractivity contribution in [3.05, 3.63) is 0 Å². The monoisotopic (exact) mass is 143 g/mol. The molecule has 0 aliphatic carbocycles. The van der Waals surface area contributed by atoms with Crippen LogP contribution in [0.5, 0.6) is 0 Å². The molecule has 3 heteroatoms. The number of oxime groups is 1. The van der Waals surface area contributed by atoms with Crippen LogP contribution in [0.2, 0.25) is 0 Å². The molecule has 0 unspecified atom stereocenters. The number of carbonyl (C=O) groups is 1. The topological polar surface area (TPSA) is 38.7 Å². The van der Waals surface area contributed by atoms with Crippen LogP contribution in [0, 0.1) is 5.41 Å². The van der Waals surface area contributed by atoms with Gasteiger partial charge in [0.15, 0.2) is 0 Å². The van der Waals surface area contributed by atoms with Gasteiger partial charge in [0.05, 0.1) is 5.41 Å². The van der Waals surface area contributed by atoms with E-state index in [1.54, 1.807) is 27.7 Å². The molecule has 0 radical (unpaired) electrons. The van der Waals surface area contributed by atoms with Gasteiger partial charge in [0.1, 0.15) is 0 Å². The van der Waals surface area contributed by atoms with Gasteiger partial charge in [-0.1, -0.05) is 5.16 Å². The Balaban J connectivity index is 3.86. The van der Waals surface area contributed by atoms with Crippen molar-refractivity contribution in [3.63, 3.8) is 0 Å². The molecule has 0 atom stereocenters. The van der Waals surface area contributed by atoms with Crippen molar-refractivity contribution < 1.29 is 9.63 Å². The molecule has 0 heterocycles. The molecule has 0 saturated carbocycles. The predicted molar refractivity (Wildman–Crippen MR) is 39.7 cm³/mol. The molecule has 0 spiro atoms. The Morgan fingerprint density at radius 2 is 2.00 bits per heavy atom. The maximum Gasteiger partial charge on any atom is 0.340 e. The average Bonchev–Trinajstić information content (AvgIpc) is 1.80. The fraction of sp³-hybridized carbons (Fsp3) is 0.714. The first-order valence-corrected chi connectivity index (χ1v) is 3.18. The van der Waals surface area contributed by atoms with Crippen LogP contribution in [-0.2, 0) is 9.63 Å². The molecule has 0 aromatic rings. The van der Waals surface area contributed by atoms with Gasteiger partial charge in [-0.2, -0.15) is 0 Å². The third kappa shape index (κ3) is 3.22. The summed E-state index contributed by atoms with van der Waals surface area (Å²) in [5, 5.41) is 3.36. The summed E-state index contributed by atoms with van der Waals surface area (Å²) in [4.78, 5) is 15.4. The first-order valence-electron chi connectivity index (χ1n) is 3.18. The minimum absolute atomic E-state index is 0.314. The maximum absolute atomic E-state index is 10.9. The number of hydrogen-bond acceptors (Lipinski definition) is 3. The van der Waals surface area contributed by atoms with Gasteiger partial charge in [0.2, 0.25) is 0 Å². The molecule has 0 aliphatic heterocycles. The third-order valence-corrected chi connectivity index (χ3v) is 0.853. The summed E-state index contributed by atoms with van der Waals surface area (Å²) in [5.74, 6) is -0.314. The van der Waals surface area contributed by atoms with Gasteiger partial charge >= 0.3 is 5.97 Å². The Morgan fingerprint density at radius 3 is 2.30 bits per heavy atom. The molecule has 0 bridgehead atoms. The summed E-state index contributed by atoms with van der Waals surface area (Å²) < 4.78 is 0. The van der Waals surface area contributed by atoms with Gasteiger partial charge in [-0.25, -0.2) is 4.79 Å². The van der Waals surface area contributed by atoms with Gasteiger partial charge in [-0.15, -0.1) is 0 Å². The molecule has 10 heavy (non-hydrogen) atoms. The first-order chi connectivity index (χ1) is 4.48. The average molecular weight is 143 g/mol. The zero-order chi connectivity index (χ0) is 8.20. The second-order valence-corrected chi connectivity index (χ2v) is 2.99. The second kappa shape index (κ2) is 3.34. The molecular formula is C7H13NO2. The van der Waals surface area contributed by atoms with E-state index in [4.69, 9.17) is 0 Å². The smallest absolute Gasteiger partial charge is 0.318 e. The molecule has 0 aromatic carbocycles. The van der Waals surface area contributed by atoms with E-state index in [-0.39, 0.29) is 5.97 Å². The predicted octanol–water partition coefficient (Wildman–Crippen LogP) is 1.58. The van der Waals surface area contributed by atoms with E-state index in [2.05, 4.69) is 9.99 Å². The van der Waals surface area contributed by atoms with Crippen molar-refractivity contribution in [3.8, 4) is 0 Å². The van der Waals surface area contributed by atoms with Crippen LogP contribution in [0.4, 0.5) is 0 Å². The zero-order valence-corrected chi connectivity index (χ0v) is 6.84. The van der Waals surface area contributed by atoms with Gasteiger partial charge in [0.25, 0.3) is 0 Å². The molecule has 0 amide bonds. The highest BCUT2D eigenvalue weighted by atomic mass is 16.7. The quantitative estimate of drug-likeness (QED) is 0.317. The first kappa shape index (κ1) is 9.14. The lowest BCUT2D eigenvalue weighted by Crippen LogP contribution is -2.20. The Bertz CT molecular complexity index is 144. The summed E-state index contributed by atoms with van der Waals surface area (Å²) in [5.41, 5.74) is -0.466. The number of nitrogens with zero attached hydrogens (tertiary/aromatic N) is 1. The van der Waals surface area contributed by atoms with Crippen molar-refractivity contribution in [2.75, 3.05) is 0 Å². The Labute approximate surface area is 61.1 Å². The minimum atomic E-state index is -0.466. The van der Waals surface area contributed by atoms with E-state index in [0.717, 1.165) is 0 Å². The minimum Gasteiger partial charge on any atom is -0.318 e. The Hall–Kier alpha value is -0.860. The van der Waals surface area contributed by atoms with Crippen molar-refractivity contribution in [2.24, 2.45) is 10.6 Å². The molecule has 0 rings (SSSR count). The molecule has 0 aromatic heterocycles. The van der Waals surface area contributed by atoms with Crippen molar-refractivity contribution >= 4 is 12.2 Å². The van der Waals surface area contributed by atoms with Crippen LogP contribution in [0.3, 0.4) is 0 Å². The van der Waals surface area contributed by atoms with Gasteiger partial charge in [-0.3, -0.25) is 0 Å². The van der Waals surface area contributed by atoms with E-state index in [1.165, 1.54) is 6.21 Å². The summed E-state index contributed by atoms with van der Waals surface area (Å²) in [6.07, 6.45) is 1.43. The largest absolute Gasteiger partial charge is 0.340 e. The number of carbonyl (C=O) groups excluding carboxylic acids is 1. The summed E-state index contributed by atoms with van der Waals surface area (Å²) in [6, 6.07) is 0. The SMILES string of the molecule is C/C=N/OC(=O)C(C)(C)C. The van der Waals surface area contributed by atoms with E-state index in [0.29, 0.717) is 0 Å². The highest BCUT2D eigenvalue weighted by molar-refractivity contribution is 5.75. The van der Waals surface area contributed by atoms with E-state index in [1.807, 2.05) is 0 Å². The fourth-order valence-corrected chi connectivity index (χ4v) is 0.238. The second-order valence-electron chi connectivity index (χ2n) is 2.99. The third-order valence-electron chi connectivity index (χ3n) is 0.853. The zero-order valence-electron chi connectivity index (χ0n) is 6.84. The normalized spacial score (nSPS) is 12.0. The molecule has 0 aliphatic rings. The molecule has 58 valence electrons. The van der Waals surface area contributed by atoms with Gasteiger partial charge in [-0.05, 0) is 27.7 Å². The van der Waals surface area contributed by atoms with Crippen LogP contribution in [0.1, 0.15) is 27.7 Å². The molecule has 0 N–H and O–H groups in total. The highest BCUT2D eigenvalue weighted by Crippen LogP contribution is 2.14. The summed E-state index contributed by atoms with van der Waals surface area (Å²) in [6.45, 7) is 7.03. The molecule has 3 nitrogen and oxygen atoms in total. The van der Waals surface area contributed by atoms with E-state index < -0.39 is 5.41 Å². The number of rotatable bonds is 1. The van der Waals surface area contributed by atoms with Crippen LogP contribution < -0.4 is 0 Å². The van der Waals surface area contributed by atoms with Crippen molar-refractivity contribution in [2.45, 2.75) is 27.7 Å². The molecular weight excluding hydrogens is 130 g/mol. The van der Waals surface area contributed by atoms with Crippen molar-refractivity contribution in [1.29, 1.82) is 0 Å². The number of hydrogen-bond donors (Lipinski definition) is 0. The standard InChI is InChI=1S/C7H13NO2/c1-5-8-10-6(9)7(2,3)4/h5H,1-4H3/b8-5+. The van der Waals surface area contributed by atoms with Crippen LogP contribution in [-0.4, -0.2) is 12.2 Å². The van der Waals surface area contributed by atoms with Crippen LogP contribution in [0.25, 0.3) is 0 Å². The van der Waals surface area contributed by atoms with E-state index in [9.17, 15) is 4.79 Å². The van der Waals surface area contributed by atoms with Gasteiger partial charge in [0, 0.05) is 6.21 Å². The molecule has 0 fully saturated rings. The Morgan fingerprint density at radius 1 is 1.50 bits per heavy atom. The lowest BCUT2D eigenvalue weighted by atomic mass is 9.98. The lowest BCUT2D eigenvalue weighted by Gasteiger charge is -2.12. The summed E-state index contributed by atoms with van der Waals surface area (Å²) in [7, 11) is 0. The van der Waals surface area contributed by atoms with Crippen LogP contribution >= 0.6 is 0 Å². The fourth-order valence-electron chi connectivity index (χ4n) is 0.238. The lowest BCUT2D eigenvalue weighted by molar-refractivity contribution is -0.152. The van der Waals surface area contributed by atoms with Crippen LogP contribution in [0.15, 0.2) is 5.16 Å². The van der Waals surface area contributed by atoms with Gasteiger partial charge < -0.3 is 4.84 Å². The molecule has 0 saturated heterocycles. The Kier molecular flexibility index (Phi) is 3.06. The van der Waals surface area contributed by atoms with E-state index >= 15 is 0 Å². The van der Waals surface area contributed by atoms with Crippen molar-refractivity contribution in [1.82, 2.24) is 0 Å².